The number of nitrogens with two attached hydrogens (primary N) is 1. The number of benzene rings is 1. The third kappa shape index (κ3) is 4.00. The number of methoxy groups -OCH3 is 1. The number of nitrogens with zero attached hydrogens (tertiary/aromatic N) is 1. The molecule has 0 radical (unpaired) electrons. The molecule has 3 heteroatoms. The van der Waals surface area contributed by atoms with Gasteiger partial charge in [0.15, 0.2) is 0 Å². The topological polar surface area (TPSA) is 38.5 Å². The highest BCUT2D eigenvalue weighted by molar-refractivity contribution is 5.48. The van der Waals surface area contributed by atoms with Crippen molar-refractivity contribution in [2.45, 2.75) is 39.3 Å². The molecule has 18 heavy (non-hydrogen) atoms. The van der Waals surface area contributed by atoms with Crippen molar-refractivity contribution in [2.75, 3.05) is 25.2 Å². The fraction of sp³-hybridized carbons (Fsp3) is 0.600. The Morgan fingerprint density at radius 2 is 1.83 bits per heavy atom. The van der Waals surface area contributed by atoms with E-state index in [1.54, 1.807) is 7.11 Å². The zero-order valence-electron chi connectivity index (χ0n) is 12.0. The molecule has 0 saturated carbocycles. The van der Waals surface area contributed by atoms with Crippen molar-refractivity contribution < 1.29 is 4.74 Å². The van der Waals surface area contributed by atoms with Gasteiger partial charge in [-0.05, 0) is 38.0 Å². The molecule has 0 amide bonds. The van der Waals surface area contributed by atoms with Crippen LogP contribution in [0.4, 0.5) is 5.69 Å². The molecule has 1 atom stereocenters. The fourth-order valence-corrected chi connectivity index (χ4v) is 2.02. The molecular formula is C15H26N2O. The Hall–Kier alpha value is -1.06. The van der Waals surface area contributed by atoms with E-state index in [0.29, 0.717) is 6.04 Å². The van der Waals surface area contributed by atoms with Crippen molar-refractivity contribution in [1.82, 2.24) is 0 Å². The van der Waals surface area contributed by atoms with E-state index in [2.05, 4.69) is 49.9 Å². The summed E-state index contributed by atoms with van der Waals surface area (Å²) >= 11 is 0. The van der Waals surface area contributed by atoms with Crippen LogP contribution >= 0.6 is 0 Å². The van der Waals surface area contributed by atoms with Gasteiger partial charge in [0.2, 0.25) is 0 Å². The van der Waals surface area contributed by atoms with Crippen LogP contribution in [-0.4, -0.2) is 26.3 Å². The second-order valence-electron chi connectivity index (χ2n) is 4.89. The van der Waals surface area contributed by atoms with Gasteiger partial charge in [0.1, 0.15) is 0 Å². The molecule has 1 rings (SSSR count). The normalized spacial score (nSPS) is 12.8. The Bertz CT molecular complexity index is 335. The zero-order chi connectivity index (χ0) is 13.5. The van der Waals surface area contributed by atoms with Gasteiger partial charge >= 0.3 is 0 Å². The van der Waals surface area contributed by atoms with Crippen molar-refractivity contribution in [2.24, 2.45) is 5.73 Å². The van der Waals surface area contributed by atoms with Gasteiger partial charge in [0, 0.05) is 31.4 Å². The second kappa shape index (κ2) is 7.39. The largest absolute Gasteiger partial charge is 0.383 e. The Balaban J connectivity index is 2.80. The molecule has 0 aliphatic heterocycles. The molecule has 0 aliphatic rings. The molecule has 0 bridgehead atoms. The molecule has 0 aliphatic carbocycles. The number of hydrogen-bond donors (Lipinski definition) is 1. The first-order valence-corrected chi connectivity index (χ1v) is 6.71. The average Bonchev–Trinajstić information content (AvgIpc) is 2.38. The van der Waals surface area contributed by atoms with E-state index in [4.69, 9.17) is 10.5 Å². The quantitative estimate of drug-likeness (QED) is 0.808. The van der Waals surface area contributed by atoms with Crippen LogP contribution in [0.5, 0.6) is 0 Å². The summed E-state index contributed by atoms with van der Waals surface area (Å²) in [6.07, 6.45) is 0.969. The van der Waals surface area contributed by atoms with E-state index in [9.17, 15) is 0 Å². The second-order valence-corrected chi connectivity index (χ2v) is 4.89. The minimum Gasteiger partial charge on any atom is -0.383 e. The Kier molecular flexibility index (Phi) is 6.16. The molecule has 0 aromatic heterocycles. The predicted octanol–water partition coefficient (Wildman–Crippen LogP) is 2.96. The fourth-order valence-electron chi connectivity index (χ4n) is 2.02. The van der Waals surface area contributed by atoms with E-state index in [1.165, 1.54) is 11.3 Å². The summed E-state index contributed by atoms with van der Waals surface area (Å²) in [7, 11) is 1.74. The minimum atomic E-state index is 0.144. The van der Waals surface area contributed by atoms with Crippen LogP contribution in [-0.2, 0) is 4.74 Å². The molecule has 1 aromatic rings. The van der Waals surface area contributed by atoms with Gasteiger partial charge in [-0.3, -0.25) is 0 Å². The van der Waals surface area contributed by atoms with Crippen LogP contribution in [0.2, 0.25) is 0 Å². The number of hydrogen-bond acceptors (Lipinski definition) is 3. The Labute approximate surface area is 111 Å². The monoisotopic (exact) mass is 250 g/mol. The highest BCUT2D eigenvalue weighted by Gasteiger charge is 2.11. The molecule has 1 aromatic carbocycles. The summed E-state index contributed by atoms with van der Waals surface area (Å²) in [6.45, 7) is 8.15. The van der Waals surface area contributed by atoms with Crippen molar-refractivity contribution in [1.29, 1.82) is 0 Å². The van der Waals surface area contributed by atoms with Gasteiger partial charge < -0.3 is 15.4 Å². The zero-order valence-corrected chi connectivity index (χ0v) is 12.0. The van der Waals surface area contributed by atoms with Crippen molar-refractivity contribution in [3.8, 4) is 0 Å². The van der Waals surface area contributed by atoms with Crippen molar-refractivity contribution in [3.05, 3.63) is 29.8 Å². The summed E-state index contributed by atoms with van der Waals surface area (Å²) in [5.41, 5.74) is 8.46. The Morgan fingerprint density at radius 3 is 2.28 bits per heavy atom. The molecule has 0 spiro atoms. The van der Waals surface area contributed by atoms with E-state index < -0.39 is 0 Å². The number of rotatable bonds is 7. The summed E-state index contributed by atoms with van der Waals surface area (Å²) in [5, 5.41) is 0. The lowest BCUT2D eigenvalue weighted by Gasteiger charge is -2.29. The summed E-state index contributed by atoms with van der Waals surface area (Å²) in [6, 6.07) is 9.18. The first-order valence-electron chi connectivity index (χ1n) is 6.71. The van der Waals surface area contributed by atoms with Gasteiger partial charge in [0.25, 0.3) is 0 Å². The summed E-state index contributed by atoms with van der Waals surface area (Å²) < 4.78 is 5.16. The van der Waals surface area contributed by atoms with Gasteiger partial charge in [-0.15, -0.1) is 0 Å². The maximum absolute atomic E-state index is 6.03. The molecule has 2 N–H and O–H groups in total. The van der Waals surface area contributed by atoms with Crippen LogP contribution in [0.3, 0.4) is 0 Å². The molecule has 3 nitrogen and oxygen atoms in total. The SMILES string of the molecule is CC[C@H](N)c1ccc(N(CCOC)C(C)C)cc1. The van der Waals surface area contributed by atoms with Crippen LogP contribution in [0.1, 0.15) is 38.8 Å². The lowest BCUT2D eigenvalue weighted by atomic mass is 10.0. The van der Waals surface area contributed by atoms with Crippen molar-refractivity contribution >= 4 is 5.69 Å². The number of anilines is 1. The molecule has 0 saturated heterocycles. The highest BCUT2D eigenvalue weighted by Crippen LogP contribution is 2.21. The minimum absolute atomic E-state index is 0.144. The standard InChI is InChI=1S/C15H26N2O/c1-5-15(16)13-6-8-14(9-7-13)17(12(2)3)10-11-18-4/h6-9,12,15H,5,10-11,16H2,1-4H3/t15-/m0/s1. The molecule has 0 heterocycles. The van der Waals surface area contributed by atoms with Crippen LogP contribution in [0.15, 0.2) is 24.3 Å². The number of ether oxygens (including phenoxy) is 1. The van der Waals surface area contributed by atoms with Gasteiger partial charge in [-0.25, -0.2) is 0 Å². The van der Waals surface area contributed by atoms with Crippen LogP contribution in [0, 0.1) is 0 Å². The smallest absolute Gasteiger partial charge is 0.0637 e. The van der Waals surface area contributed by atoms with Gasteiger partial charge in [-0.1, -0.05) is 19.1 Å². The third-order valence-corrected chi connectivity index (χ3v) is 3.25. The lowest BCUT2D eigenvalue weighted by molar-refractivity contribution is 0.204. The van der Waals surface area contributed by atoms with Crippen LogP contribution in [0.25, 0.3) is 0 Å². The van der Waals surface area contributed by atoms with E-state index in [-0.39, 0.29) is 6.04 Å². The molecule has 0 unspecified atom stereocenters. The summed E-state index contributed by atoms with van der Waals surface area (Å²) in [5.74, 6) is 0. The Morgan fingerprint density at radius 1 is 1.22 bits per heavy atom. The highest BCUT2D eigenvalue weighted by atomic mass is 16.5. The van der Waals surface area contributed by atoms with Gasteiger partial charge in [-0.2, -0.15) is 0 Å². The molecular weight excluding hydrogens is 224 g/mol. The average molecular weight is 250 g/mol. The maximum atomic E-state index is 6.03. The van der Waals surface area contributed by atoms with Crippen LogP contribution < -0.4 is 10.6 Å². The van der Waals surface area contributed by atoms with E-state index in [1.807, 2.05) is 0 Å². The maximum Gasteiger partial charge on any atom is 0.0637 e. The molecule has 0 fully saturated rings. The predicted molar refractivity (Wildman–Crippen MR) is 78.0 cm³/mol. The summed E-state index contributed by atoms with van der Waals surface area (Å²) in [4.78, 5) is 2.34. The van der Waals surface area contributed by atoms with Gasteiger partial charge in [0.05, 0.1) is 6.61 Å². The first-order chi connectivity index (χ1) is 8.60. The molecule has 102 valence electrons. The lowest BCUT2D eigenvalue weighted by Crippen LogP contribution is -2.33. The first kappa shape index (κ1) is 15.0. The van der Waals surface area contributed by atoms with Crippen molar-refractivity contribution in [3.63, 3.8) is 0 Å². The van der Waals surface area contributed by atoms with E-state index in [0.717, 1.165) is 19.6 Å². The van der Waals surface area contributed by atoms with E-state index >= 15 is 0 Å². The third-order valence-electron chi connectivity index (χ3n) is 3.25.